The zero-order valence-electron chi connectivity index (χ0n) is 12.8. The number of ether oxygens (including phenoxy) is 1. The summed E-state index contributed by atoms with van der Waals surface area (Å²) in [5, 5.41) is 8.83. The first kappa shape index (κ1) is 20.0. The van der Waals surface area contributed by atoms with Gasteiger partial charge in [0, 0.05) is 6.92 Å². The molecule has 1 aromatic rings. The lowest BCUT2D eigenvalue weighted by atomic mass is 10.2. The van der Waals surface area contributed by atoms with Gasteiger partial charge in [-0.15, -0.1) is 0 Å². The Kier molecular flexibility index (Phi) is 15.5. The second-order valence-electron chi connectivity index (χ2n) is 3.70. The van der Waals surface area contributed by atoms with Crippen LogP contribution in [-0.4, -0.2) is 23.8 Å². The molecule has 0 spiro atoms. The van der Waals surface area contributed by atoms with Crippen molar-refractivity contribution >= 4 is 5.97 Å². The fourth-order valence-corrected chi connectivity index (χ4v) is 1.05. The van der Waals surface area contributed by atoms with Crippen LogP contribution >= 0.6 is 0 Å². The molecule has 0 aromatic heterocycles. The number of aliphatic hydroxyl groups excluding tert-OH is 1. The third-order valence-electron chi connectivity index (χ3n) is 2.20. The Bertz CT molecular complexity index is 296. The molecule has 0 amide bonds. The van der Waals surface area contributed by atoms with Crippen LogP contribution in [0.4, 0.5) is 0 Å². The van der Waals surface area contributed by atoms with Crippen molar-refractivity contribution in [1.29, 1.82) is 0 Å². The molecule has 0 radical (unpaired) electrons. The van der Waals surface area contributed by atoms with Gasteiger partial charge >= 0.3 is 5.97 Å². The first-order chi connectivity index (χ1) is 9.10. The monoisotopic (exact) mass is 268 g/mol. The molecule has 1 rings (SSSR count). The van der Waals surface area contributed by atoms with Gasteiger partial charge in [-0.1, -0.05) is 58.0 Å². The Morgan fingerprint density at radius 2 is 1.74 bits per heavy atom. The molecule has 1 unspecified atom stereocenters. The molecule has 0 aliphatic carbocycles. The summed E-state index contributed by atoms with van der Waals surface area (Å²) in [5.74, 6) is -0.345. The van der Waals surface area contributed by atoms with Gasteiger partial charge in [0.25, 0.3) is 0 Å². The molecule has 0 aliphatic rings. The fourth-order valence-electron chi connectivity index (χ4n) is 1.05. The van der Waals surface area contributed by atoms with E-state index in [4.69, 9.17) is 5.11 Å². The lowest BCUT2D eigenvalue weighted by Crippen LogP contribution is -2.15. The van der Waals surface area contributed by atoms with Gasteiger partial charge in [0.1, 0.15) is 6.61 Å². The maximum atomic E-state index is 10.1. The first-order valence-corrected chi connectivity index (χ1v) is 6.95. The van der Waals surface area contributed by atoms with E-state index in [0.717, 1.165) is 6.42 Å². The van der Waals surface area contributed by atoms with Crippen molar-refractivity contribution < 1.29 is 14.6 Å². The van der Waals surface area contributed by atoms with E-state index in [2.05, 4.69) is 35.9 Å². The molecule has 0 saturated heterocycles. The Labute approximate surface area is 117 Å². The van der Waals surface area contributed by atoms with Crippen LogP contribution in [0.15, 0.2) is 30.3 Å². The Hall–Kier alpha value is -1.35. The normalized spacial score (nSPS) is 10.2. The summed E-state index contributed by atoms with van der Waals surface area (Å²) in [6.45, 7) is 9.43. The molecule has 19 heavy (non-hydrogen) atoms. The maximum Gasteiger partial charge on any atom is 0.302 e. The summed E-state index contributed by atoms with van der Waals surface area (Å²) in [6.07, 6.45) is 1.25. The van der Waals surface area contributed by atoms with Gasteiger partial charge < -0.3 is 9.84 Å². The Balaban J connectivity index is 0. The van der Waals surface area contributed by atoms with Gasteiger partial charge in [0.2, 0.25) is 0 Å². The molecule has 0 aliphatic heterocycles. The SMILES string of the molecule is CC.CCC(O)COC(C)=O.CCc1ccccc1. The zero-order chi connectivity index (χ0) is 15.1. The Morgan fingerprint density at radius 1 is 1.21 bits per heavy atom. The highest BCUT2D eigenvalue weighted by molar-refractivity contribution is 5.65. The van der Waals surface area contributed by atoms with Crippen molar-refractivity contribution in [3.05, 3.63) is 35.9 Å². The summed E-state index contributed by atoms with van der Waals surface area (Å²) < 4.78 is 4.51. The smallest absolute Gasteiger partial charge is 0.302 e. The first-order valence-electron chi connectivity index (χ1n) is 6.95. The van der Waals surface area contributed by atoms with Crippen LogP contribution in [0.25, 0.3) is 0 Å². The second-order valence-corrected chi connectivity index (χ2v) is 3.70. The summed E-state index contributed by atoms with van der Waals surface area (Å²) in [4.78, 5) is 10.1. The number of rotatable bonds is 4. The van der Waals surface area contributed by atoms with Crippen molar-refractivity contribution in [1.82, 2.24) is 0 Å². The molecular formula is C16H28O3. The number of esters is 1. The van der Waals surface area contributed by atoms with Gasteiger partial charge in [-0.05, 0) is 18.4 Å². The quantitative estimate of drug-likeness (QED) is 0.849. The Morgan fingerprint density at radius 3 is 2.05 bits per heavy atom. The van der Waals surface area contributed by atoms with Crippen LogP contribution in [0.3, 0.4) is 0 Å². The molecule has 0 bridgehead atoms. The molecule has 110 valence electrons. The van der Waals surface area contributed by atoms with Gasteiger partial charge in [-0.25, -0.2) is 0 Å². The van der Waals surface area contributed by atoms with Gasteiger partial charge in [-0.2, -0.15) is 0 Å². The molecule has 3 heteroatoms. The summed E-state index contributed by atoms with van der Waals surface area (Å²) in [7, 11) is 0. The minimum absolute atomic E-state index is 0.117. The average molecular weight is 268 g/mol. The van der Waals surface area contributed by atoms with Crippen molar-refractivity contribution in [2.24, 2.45) is 0 Å². The number of carbonyl (C=O) groups excluding carboxylic acids is 1. The van der Waals surface area contributed by atoms with Gasteiger partial charge in [-0.3, -0.25) is 4.79 Å². The number of hydrogen-bond donors (Lipinski definition) is 1. The van der Waals surface area contributed by atoms with Crippen LogP contribution < -0.4 is 0 Å². The summed E-state index contributed by atoms with van der Waals surface area (Å²) in [5.41, 5.74) is 1.41. The average Bonchev–Trinajstić information content (AvgIpc) is 2.48. The molecular weight excluding hydrogens is 240 g/mol. The molecule has 0 heterocycles. The van der Waals surface area contributed by atoms with E-state index in [1.807, 2.05) is 26.8 Å². The highest BCUT2D eigenvalue weighted by Crippen LogP contribution is 1.96. The van der Waals surface area contributed by atoms with E-state index in [0.29, 0.717) is 6.42 Å². The van der Waals surface area contributed by atoms with E-state index >= 15 is 0 Å². The highest BCUT2D eigenvalue weighted by Gasteiger charge is 2.00. The lowest BCUT2D eigenvalue weighted by molar-refractivity contribution is -0.143. The van der Waals surface area contributed by atoms with Crippen molar-refractivity contribution in [2.75, 3.05) is 6.61 Å². The van der Waals surface area contributed by atoms with E-state index in [1.165, 1.54) is 12.5 Å². The van der Waals surface area contributed by atoms with Crippen molar-refractivity contribution in [3.8, 4) is 0 Å². The largest absolute Gasteiger partial charge is 0.463 e. The van der Waals surface area contributed by atoms with E-state index in [9.17, 15) is 4.79 Å². The minimum Gasteiger partial charge on any atom is -0.463 e. The summed E-state index contributed by atoms with van der Waals surface area (Å²) >= 11 is 0. The topological polar surface area (TPSA) is 46.5 Å². The zero-order valence-corrected chi connectivity index (χ0v) is 12.8. The van der Waals surface area contributed by atoms with Crippen LogP contribution in [0, 0.1) is 0 Å². The van der Waals surface area contributed by atoms with Crippen LogP contribution in [0.2, 0.25) is 0 Å². The summed E-state index contributed by atoms with van der Waals surface area (Å²) in [6, 6.07) is 10.5. The second kappa shape index (κ2) is 14.7. The molecule has 1 N–H and O–H groups in total. The molecule has 0 saturated carbocycles. The fraction of sp³-hybridized carbons (Fsp3) is 0.562. The van der Waals surface area contributed by atoms with Crippen LogP contribution in [0.1, 0.15) is 46.6 Å². The van der Waals surface area contributed by atoms with Crippen molar-refractivity contribution in [3.63, 3.8) is 0 Å². The van der Waals surface area contributed by atoms with Crippen molar-refractivity contribution in [2.45, 2.75) is 53.6 Å². The predicted molar refractivity (Wildman–Crippen MR) is 80.1 cm³/mol. The molecule has 1 aromatic carbocycles. The third kappa shape index (κ3) is 14.6. The molecule has 0 fully saturated rings. The standard InChI is InChI=1S/C8H10.C6H12O3.C2H6/c1-2-8-6-4-3-5-7-8;1-3-6(8)4-9-5(2)7;1-2/h3-7H,2H2,1H3;6,8H,3-4H2,1-2H3;1-2H3. The van der Waals surface area contributed by atoms with E-state index < -0.39 is 6.10 Å². The van der Waals surface area contributed by atoms with Crippen LogP contribution in [-0.2, 0) is 16.0 Å². The minimum atomic E-state index is -0.506. The van der Waals surface area contributed by atoms with Crippen LogP contribution in [0.5, 0.6) is 0 Å². The van der Waals surface area contributed by atoms with E-state index in [-0.39, 0.29) is 12.6 Å². The number of aryl methyl sites for hydroxylation is 1. The third-order valence-corrected chi connectivity index (χ3v) is 2.20. The predicted octanol–water partition coefficient (Wildman–Crippen LogP) is 3.60. The van der Waals surface area contributed by atoms with Gasteiger partial charge in [0.05, 0.1) is 6.10 Å². The lowest BCUT2D eigenvalue weighted by Gasteiger charge is -2.05. The van der Waals surface area contributed by atoms with E-state index in [1.54, 1.807) is 0 Å². The number of aliphatic hydroxyl groups is 1. The number of benzene rings is 1. The van der Waals surface area contributed by atoms with Gasteiger partial charge in [0.15, 0.2) is 0 Å². The number of carbonyl (C=O) groups is 1. The number of hydrogen-bond acceptors (Lipinski definition) is 3. The molecule has 3 nitrogen and oxygen atoms in total. The highest BCUT2D eigenvalue weighted by atomic mass is 16.5. The maximum absolute atomic E-state index is 10.1. The molecule has 1 atom stereocenters.